The lowest BCUT2D eigenvalue weighted by atomic mass is 9.84. The van der Waals surface area contributed by atoms with Crippen LogP contribution in [0.1, 0.15) is 32.6 Å². The van der Waals surface area contributed by atoms with Crippen molar-refractivity contribution in [1.82, 2.24) is 5.32 Å². The van der Waals surface area contributed by atoms with E-state index in [1.165, 1.54) is 25.7 Å². The van der Waals surface area contributed by atoms with Crippen LogP contribution in [0.15, 0.2) is 24.3 Å². The SMILES string of the molecule is COc1cccc(NC(=O)N[C@H](C)[C@@H]2C[C@H]3CC[C@H]2C3)c1. The number of carbonyl (C=O) groups is 1. The molecule has 0 aliphatic heterocycles. The summed E-state index contributed by atoms with van der Waals surface area (Å²) < 4.78 is 5.16. The third kappa shape index (κ3) is 3.14. The van der Waals surface area contributed by atoms with Crippen LogP contribution < -0.4 is 15.4 Å². The van der Waals surface area contributed by atoms with Crippen LogP contribution >= 0.6 is 0 Å². The van der Waals surface area contributed by atoms with Crippen LogP contribution in [0.3, 0.4) is 0 Å². The molecule has 0 radical (unpaired) electrons. The van der Waals surface area contributed by atoms with Gasteiger partial charge in [0.15, 0.2) is 0 Å². The summed E-state index contributed by atoms with van der Waals surface area (Å²) in [5, 5.41) is 5.99. The lowest BCUT2D eigenvalue weighted by Gasteiger charge is -2.28. The smallest absolute Gasteiger partial charge is 0.319 e. The predicted octanol–water partition coefficient (Wildman–Crippen LogP) is 3.64. The van der Waals surface area contributed by atoms with E-state index in [0.29, 0.717) is 5.92 Å². The summed E-state index contributed by atoms with van der Waals surface area (Å²) in [6, 6.07) is 7.53. The van der Waals surface area contributed by atoms with Crippen LogP contribution in [-0.4, -0.2) is 19.2 Å². The minimum atomic E-state index is -0.126. The molecule has 114 valence electrons. The molecule has 1 aromatic rings. The zero-order chi connectivity index (χ0) is 14.8. The topological polar surface area (TPSA) is 50.4 Å². The maximum absolute atomic E-state index is 12.1. The summed E-state index contributed by atoms with van der Waals surface area (Å²) in [7, 11) is 1.62. The van der Waals surface area contributed by atoms with Crippen LogP contribution in [0, 0.1) is 17.8 Å². The van der Waals surface area contributed by atoms with Crippen molar-refractivity contribution >= 4 is 11.7 Å². The zero-order valence-corrected chi connectivity index (χ0v) is 12.8. The average molecular weight is 288 g/mol. The van der Waals surface area contributed by atoms with Crippen molar-refractivity contribution in [2.45, 2.75) is 38.6 Å². The number of ether oxygens (including phenoxy) is 1. The molecule has 4 nitrogen and oxygen atoms in total. The Kier molecular flexibility index (Phi) is 4.04. The van der Waals surface area contributed by atoms with Crippen molar-refractivity contribution in [3.8, 4) is 5.75 Å². The zero-order valence-electron chi connectivity index (χ0n) is 12.8. The van der Waals surface area contributed by atoms with Gasteiger partial charge in [-0.2, -0.15) is 0 Å². The molecule has 2 saturated carbocycles. The molecule has 2 aliphatic rings. The maximum Gasteiger partial charge on any atom is 0.319 e. The van der Waals surface area contributed by atoms with Crippen molar-refractivity contribution in [2.75, 3.05) is 12.4 Å². The molecular weight excluding hydrogens is 264 g/mol. The molecule has 1 aromatic carbocycles. The van der Waals surface area contributed by atoms with Gasteiger partial charge >= 0.3 is 6.03 Å². The Bertz CT molecular complexity index is 517. The van der Waals surface area contributed by atoms with E-state index in [1.54, 1.807) is 7.11 Å². The number of methoxy groups -OCH3 is 1. The van der Waals surface area contributed by atoms with Crippen LogP contribution in [0.25, 0.3) is 0 Å². The molecule has 21 heavy (non-hydrogen) atoms. The number of amides is 2. The van der Waals surface area contributed by atoms with E-state index in [4.69, 9.17) is 4.74 Å². The number of rotatable bonds is 4. The summed E-state index contributed by atoms with van der Waals surface area (Å²) in [5.41, 5.74) is 0.756. The van der Waals surface area contributed by atoms with E-state index in [-0.39, 0.29) is 12.1 Å². The van der Waals surface area contributed by atoms with Crippen molar-refractivity contribution in [3.05, 3.63) is 24.3 Å². The van der Waals surface area contributed by atoms with Gasteiger partial charge in [0.25, 0.3) is 0 Å². The fourth-order valence-corrected chi connectivity index (χ4v) is 4.09. The Morgan fingerprint density at radius 1 is 1.33 bits per heavy atom. The van der Waals surface area contributed by atoms with Gasteiger partial charge in [0.1, 0.15) is 5.75 Å². The molecule has 2 bridgehead atoms. The highest BCUT2D eigenvalue weighted by Crippen LogP contribution is 2.49. The third-order valence-corrected chi connectivity index (χ3v) is 5.12. The number of fused-ring (bicyclic) bond motifs is 2. The number of hydrogen-bond acceptors (Lipinski definition) is 2. The molecule has 0 unspecified atom stereocenters. The quantitative estimate of drug-likeness (QED) is 0.888. The first kappa shape index (κ1) is 14.2. The van der Waals surface area contributed by atoms with Gasteiger partial charge in [-0.05, 0) is 56.1 Å². The van der Waals surface area contributed by atoms with Crippen molar-refractivity contribution in [2.24, 2.45) is 17.8 Å². The first-order chi connectivity index (χ1) is 10.2. The summed E-state index contributed by atoms with van der Waals surface area (Å²) >= 11 is 0. The fourth-order valence-electron chi connectivity index (χ4n) is 4.09. The minimum absolute atomic E-state index is 0.126. The number of urea groups is 1. The van der Waals surface area contributed by atoms with E-state index < -0.39 is 0 Å². The number of anilines is 1. The van der Waals surface area contributed by atoms with Crippen molar-refractivity contribution in [3.63, 3.8) is 0 Å². The van der Waals surface area contributed by atoms with Crippen molar-refractivity contribution < 1.29 is 9.53 Å². The maximum atomic E-state index is 12.1. The molecule has 4 atom stereocenters. The molecule has 4 heteroatoms. The number of benzene rings is 1. The van der Waals surface area contributed by atoms with Gasteiger partial charge in [-0.15, -0.1) is 0 Å². The lowest BCUT2D eigenvalue weighted by molar-refractivity contribution is 0.230. The van der Waals surface area contributed by atoms with E-state index in [0.717, 1.165) is 23.3 Å². The highest BCUT2D eigenvalue weighted by molar-refractivity contribution is 5.89. The minimum Gasteiger partial charge on any atom is -0.497 e. The van der Waals surface area contributed by atoms with Gasteiger partial charge in [0.05, 0.1) is 7.11 Å². The first-order valence-corrected chi connectivity index (χ1v) is 7.87. The Labute approximate surface area is 126 Å². The standard InChI is InChI=1S/C17H24N2O2/c1-11(16-9-12-6-7-13(16)8-12)18-17(20)19-14-4-3-5-15(10-14)21-2/h3-5,10-13,16H,6-9H2,1-2H3,(H2,18,19,20)/t11-,12+,13+,16+/m1/s1. The number of nitrogens with one attached hydrogen (secondary N) is 2. The van der Waals surface area contributed by atoms with Gasteiger partial charge in [0.2, 0.25) is 0 Å². The number of hydrogen-bond donors (Lipinski definition) is 2. The van der Waals surface area contributed by atoms with Crippen LogP contribution in [0.2, 0.25) is 0 Å². The third-order valence-electron chi connectivity index (χ3n) is 5.12. The number of carbonyl (C=O) groups excluding carboxylic acids is 1. The van der Waals surface area contributed by atoms with Gasteiger partial charge in [-0.1, -0.05) is 12.5 Å². The molecule has 0 aromatic heterocycles. The molecular formula is C17H24N2O2. The van der Waals surface area contributed by atoms with E-state index >= 15 is 0 Å². The Morgan fingerprint density at radius 3 is 2.86 bits per heavy atom. The second-order valence-corrected chi connectivity index (χ2v) is 6.46. The Morgan fingerprint density at radius 2 is 2.19 bits per heavy atom. The van der Waals surface area contributed by atoms with E-state index in [9.17, 15) is 4.79 Å². The molecule has 0 saturated heterocycles. The normalized spacial score (nSPS) is 28.2. The van der Waals surface area contributed by atoms with Crippen LogP contribution in [0.5, 0.6) is 5.75 Å². The second-order valence-electron chi connectivity index (χ2n) is 6.46. The average Bonchev–Trinajstić information content (AvgIpc) is 3.10. The Balaban J connectivity index is 1.53. The molecule has 2 fully saturated rings. The summed E-state index contributed by atoms with van der Waals surface area (Å²) in [6.07, 6.45) is 5.39. The molecule has 3 rings (SSSR count). The van der Waals surface area contributed by atoms with Crippen LogP contribution in [0.4, 0.5) is 10.5 Å². The fraction of sp³-hybridized carbons (Fsp3) is 0.588. The van der Waals surface area contributed by atoms with Crippen molar-refractivity contribution in [1.29, 1.82) is 0 Å². The van der Waals surface area contributed by atoms with Gasteiger partial charge in [-0.3, -0.25) is 0 Å². The monoisotopic (exact) mass is 288 g/mol. The molecule has 2 aliphatic carbocycles. The van der Waals surface area contributed by atoms with E-state index in [2.05, 4.69) is 17.6 Å². The largest absolute Gasteiger partial charge is 0.497 e. The second kappa shape index (κ2) is 5.96. The summed E-state index contributed by atoms with van der Waals surface area (Å²) in [5.74, 6) is 3.13. The highest BCUT2D eigenvalue weighted by atomic mass is 16.5. The molecule has 0 spiro atoms. The van der Waals surface area contributed by atoms with Gasteiger partial charge in [-0.25, -0.2) is 4.79 Å². The summed E-state index contributed by atoms with van der Waals surface area (Å²) in [6.45, 7) is 2.14. The van der Waals surface area contributed by atoms with E-state index in [1.807, 2.05) is 24.3 Å². The van der Waals surface area contributed by atoms with Crippen LogP contribution in [-0.2, 0) is 0 Å². The van der Waals surface area contributed by atoms with Gasteiger partial charge in [0, 0.05) is 17.8 Å². The predicted molar refractivity (Wildman–Crippen MR) is 83.5 cm³/mol. The van der Waals surface area contributed by atoms with Gasteiger partial charge < -0.3 is 15.4 Å². The molecule has 0 heterocycles. The summed E-state index contributed by atoms with van der Waals surface area (Å²) in [4.78, 5) is 12.1. The molecule has 2 N–H and O–H groups in total. The highest BCUT2D eigenvalue weighted by Gasteiger charge is 2.42. The molecule has 2 amide bonds. The lowest BCUT2D eigenvalue weighted by Crippen LogP contribution is -2.42. The first-order valence-electron chi connectivity index (χ1n) is 7.87. The Hall–Kier alpha value is -1.71.